The Morgan fingerprint density at radius 1 is 1.00 bits per heavy atom. The molecule has 1 aliphatic rings. The van der Waals surface area contributed by atoms with Crippen LogP contribution in [0.3, 0.4) is 0 Å². The first-order chi connectivity index (χ1) is 14.1. The van der Waals surface area contributed by atoms with E-state index in [1.54, 1.807) is 35.4 Å². The average molecular weight is 396 g/mol. The maximum atomic E-state index is 14.1. The minimum Gasteiger partial charge on any atom is -0.353 e. The molecule has 148 valence electrons. The lowest BCUT2D eigenvalue weighted by Crippen LogP contribution is -2.50. The van der Waals surface area contributed by atoms with E-state index >= 15 is 0 Å². The average Bonchev–Trinajstić information content (AvgIpc) is 2.76. The predicted molar refractivity (Wildman–Crippen MR) is 104 cm³/mol. The zero-order chi connectivity index (χ0) is 20.2. The molecule has 3 aromatic rings. The summed E-state index contributed by atoms with van der Waals surface area (Å²) in [6, 6.07) is 10.6. The molecule has 0 atom stereocenters. The van der Waals surface area contributed by atoms with Gasteiger partial charge in [0.05, 0.1) is 0 Å². The molecular weight excluding hydrogens is 378 g/mol. The van der Waals surface area contributed by atoms with Gasteiger partial charge in [-0.25, -0.2) is 18.6 Å². The molecule has 1 N–H and O–H groups in total. The number of anilines is 2. The Labute approximate surface area is 166 Å². The minimum absolute atomic E-state index is 0.190. The Bertz CT molecular complexity index is 1010. The van der Waals surface area contributed by atoms with E-state index in [4.69, 9.17) is 0 Å². The van der Waals surface area contributed by atoms with Gasteiger partial charge in [-0.15, -0.1) is 5.10 Å². The SMILES string of the molecule is O=C(Nc1cccnn1)N1CCN(c2cc(-c3cccc(F)c3F)ccn2)CC1. The van der Waals surface area contributed by atoms with E-state index in [1.807, 2.05) is 4.90 Å². The zero-order valence-electron chi connectivity index (χ0n) is 15.4. The topological polar surface area (TPSA) is 74.2 Å². The summed E-state index contributed by atoms with van der Waals surface area (Å²) in [6.45, 7) is 2.12. The Hall–Kier alpha value is -3.62. The standard InChI is InChI=1S/C20H18F2N6O/c21-16-4-1-3-15(19(16)22)14-6-8-23-18(13-14)27-9-11-28(12-10-27)20(29)25-17-5-2-7-24-26-17/h1-8,13H,9-12H2,(H,25,26,29). The minimum atomic E-state index is -0.886. The molecule has 2 aromatic heterocycles. The normalized spacial score (nSPS) is 14.0. The van der Waals surface area contributed by atoms with Gasteiger partial charge in [0.15, 0.2) is 17.5 Å². The first-order valence-electron chi connectivity index (χ1n) is 9.11. The second-order valence-electron chi connectivity index (χ2n) is 6.52. The zero-order valence-corrected chi connectivity index (χ0v) is 15.4. The molecule has 3 heterocycles. The van der Waals surface area contributed by atoms with Gasteiger partial charge in [-0.1, -0.05) is 12.1 Å². The molecule has 1 aliphatic heterocycles. The van der Waals surface area contributed by atoms with Crippen LogP contribution in [0, 0.1) is 11.6 Å². The number of halogens is 2. The van der Waals surface area contributed by atoms with E-state index in [2.05, 4.69) is 20.5 Å². The molecule has 0 unspecified atom stereocenters. The lowest BCUT2D eigenvalue weighted by Gasteiger charge is -2.35. The van der Waals surface area contributed by atoms with Gasteiger partial charge in [0, 0.05) is 44.1 Å². The maximum Gasteiger partial charge on any atom is 0.323 e. The van der Waals surface area contributed by atoms with E-state index in [0.29, 0.717) is 43.4 Å². The van der Waals surface area contributed by atoms with Crippen molar-refractivity contribution in [2.75, 3.05) is 36.4 Å². The number of carbonyl (C=O) groups is 1. The molecule has 2 amide bonds. The first-order valence-corrected chi connectivity index (χ1v) is 9.11. The third-order valence-electron chi connectivity index (χ3n) is 4.71. The lowest BCUT2D eigenvalue weighted by molar-refractivity contribution is 0.208. The van der Waals surface area contributed by atoms with E-state index in [1.165, 1.54) is 18.3 Å². The fourth-order valence-electron chi connectivity index (χ4n) is 3.18. The number of hydrogen-bond acceptors (Lipinski definition) is 5. The Morgan fingerprint density at radius 3 is 2.59 bits per heavy atom. The third kappa shape index (κ3) is 4.13. The van der Waals surface area contributed by atoms with Crippen LogP contribution in [-0.2, 0) is 0 Å². The summed E-state index contributed by atoms with van der Waals surface area (Å²) in [4.78, 5) is 20.4. The number of hydrogen-bond donors (Lipinski definition) is 1. The summed E-state index contributed by atoms with van der Waals surface area (Å²) in [7, 11) is 0. The van der Waals surface area contributed by atoms with Crippen LogP contribution in [0.4, 0.5) is 25.2 Å². The number of urea groups is 1. The number of carbonyl (C=O) groups excluding carboxylic acids is 1. The number of nitrogens with zero attached hydrogens (tertiary/aromatic N) is 5. The summed E-state index contributed by atoms with van der Waals surface area (Å²) in [5, 5.41) is 10.3. The number of rotatable bonds is 3. The molecule has 1 saturated heterocycles. The van der Waals surface area contributed by atoms with Gasteiger partial charge in [0.1, 0.15) is 5.82 Å². The molecule has 9 heteroatoms. The molecule has 7 nitrogen and oxygen atoms in total. The van der Waals surface area contributed by atoms with Gasteiger partial charge in [0.2, 0.25) is 0 Å². The van der Waals surface area contributed by atoms with Crippen LogP contribution >= 0.6 is 0 Å². The van der Waals surface area contributed by atoms with Gasteiger partial charge >= 0.3 is 6.03 Å². The van der Waals surface area contributed by atoms with Gasteiger partial charge in [-0.3, -0.25) is 5.32 Å². The molecule has 1 aromatic carbocycles. The molecule has 4 rings (SSSR count). The van der Waals surface area contributed by atoms with Gasteiger partial charge in [-0.05, 0) is 35.9 Å². The highest BCUT2D eigenvalue weighted by molar-refractivity contribution is 5.88. The van der Waals surface area contributed by atoms with E-state index in [-0.39, 0.29) is 11.6 Å². The van der Waals surface area contributed by atoms with E-state index in [0.717, 1.165) is 6.07 Å². The smallest absolute Gasteiger partial charge is 0.323 e. The maximum absolute atomic E-state index is 14.1. The van der Waals surface area contributed by atoms with E-state index < -0.39 is 11.6 Å². The number of amides is 2. The molecule has 0 saturated carbocycles. The number of benzene rings is 1. The highest BCUT2D eigenvalue weighted by Gasteiger charge is 2.22. The molecule has 0 spiro atoms. The fourth-order valence-corrected chi connectivity index (χ4v) is 3.18. The third-order valence-corrected chi connectivity index (χ3v) is 4.71. The number of nitrogens with one attached hydrogen (secondary N) is 1. The largest absolute Gasteiger partial charge is 0.353 e. The van der Waals surface area contributed by atoms with Crippen molar-refractivity contribution in [2.24, 2.45) is 0 Å². The Morgan fingerprint density at radius 2 is 1.83 bits per heavy atom. The van der Waals surface area contributed by atoms with Crippen molar-refractivity contribution in [3.05, 3.63) is 66.5 Å². The van der Waals surface area contributed by atoms with E-state index in [9.17, 15) is 13.6 Å². The van der Waals surface area contributed by atoms with Crippen LogP contribution in [0.15, 0.2) is 54.9 Å². The summed E-state index contributed by atoms with van der Waals surface area (Å²) in [5.41, 5.74) is 0.741. The summed E-state index contributed by atoms with van der Waals surface area (Å²) >= 11 is 0. The van der Waals surface area contributed by atoms with Crippen LogP contribution in [0.2, 0.25) is 0 Å². The molecule has 1 fully saturated rings. The van der Waals surface area contributed by atoms with Gasteiger partial charge in [0.25, 0.3) is 0 Å². The predicted octanol–water partition coefficient (Wildman–Crippen LogP) is 3.17. The molecular formula is C20H18F2N6O. The fraction of sp³-hybridized carbons (Fsp3) is 0.200. The van der Waals surface area contributed by atoms with Crippen molar-refractivity contribution in [1.82, 2.24) is 20.1 Å². The van der Waals surface area contributed by atoms with Crippen molar-refractivity contribution < 1.29 is 13.6 Å². The Balaban J connectivity index is 1.42. The lowest BCUT2D eigenvalue weighted by atomic mass is 10.1. The van der Waals surface area contributed by atoms with Gasteiger partial charge < -0.3 is 9.80 Å². The number of piperazine rings is 1. The highest BCUT2D eigenvalue weighted by Crippen LogP contribution is 2.27. The quantitative estimate of drug-likeness (QED) is 0.736. The summed E-state index contributed by atoms with van der Waals surface area (Å²) in [6.07, 6.45) is 3.10. The van der Waals surface area contributed by atoms with Crippen LogP contribution in [0.25, 0.3) is 11.1 Å². The van der Waals surface area contributed by atoms with Crippen LogP contribution in [0.5, 0.6) is 0 Å². The number of pyridine rings is 1. The Kier molecular flexibility index (Phi) is 5.28. The van der Waals surface area contributed by atoms with Crippen LogP contribution in [-0.4, -0.2) is 52.3 Å². The van der Waals surface area contributed by atoms with Crippen molar-refractivity contribution in [2.45, 2.75) is 0 Å². The molecule has 29 heavy (non-hydrogen) atoms. The summed E-state index contributed by atoms with van der Waals surface area (Å²) < 4.78 is 27.7. The second-order valence-corrected chi connectivity index (χ2v) is 6.52. The monoisotopic (exact) mass is 396 g/mol. The molecule has 0 radical (unpaired) electrons. The van der Waals surface area contributed by atoms with Gasteiger partial charge in [-0.2, -0.15) is 5.10 Å². The second kappa shape index (κ2) is 8.17. The molecule has 0 aliphatic carbocycles. The van der Waals surface area contributed by atoms with Crippen LogP contribution in [0.1, 0.15) is 0 Å². The van der Waals surface area contributed by atoms with Crippen molar-refractivity contribution in [3.63, 3.8) is 0 Å². The van der Waals surface area contributed by atoms with Crippen molar-refractivity contribution in [1.29, 1.82) is 0 Å². The van der Waals surface area contributed by atoms with Crippen LogP contribution < -0.4 is 10.2 Å². The van der Waals surface area contributed by atoms with Crippen molar-refractivity contribution >= 4 is 17.7 Å². The highest BCUT2D eigenvalue weighted by atomic mass is 19.2. The first kappa shape index (κ1) is 18.7. The van der Waals surface area contributed by atoms with Crippen molar-refractivity contribution in [3.8, 4) is 11.1 Å². The molecule has 0 bridgehead atoms. The number of aromatic nitrogens is 3. The summed E-state index contributed by atoms with van der Waals surface area (Å²) in [5.74, 6) is -0.717.